The molecule has 5 heteroatoms. The van der Waals surface area contributed by atoms with Crippen LogP contribution in [0.15, 0.2) is 53.3 Å². The van der Waals surface area contributed by atoms with Gasteiger partial charge in [0.1, 0.15) is 0 Å². The number of likely N-dealkylation sites (N-methyl/N-ethyl adjacent to an activating group) is 1. The van der Waals surface area contributed by atoms with Crippen LogP contribution in [0.5, 0.6) is 0 Å². The van der Waals surface area contributed by atoms with E-state index in [9.17, 15) is 4.79 Å². The van der Waals surface area contributed by atoms with Crippen LogP contribution < -0.4 is 16.2 Å². The fourth-order valence-electron chi connectivity index (χ4n) is 4.59. The zero-order chi connectivity index (χ0) is 19.1. The van der Waals surface area contributed by atoms with Crippen LogP contribution in [0.1, 0.15) is 29.2 Å². The molecule has 5 nitrogen and oxygen atoms in total. The third-order valence-corrected chi connectivity index (χ3v) is 6.17. The predicted octanol–water partition coefficient (Wildman–Crippen LogP) is 3.03. The first-order valence-electron chi connectivity index (χ1n) is 10.1. The molecule has 0 spiro atoms. The summed E-state index contributed by atoms with van der Waals surface area (Å²) in [5.41, 5.74) is 5.51. The molecule has 1 aromatic heterocycles. The first-order valence-corrected chi connectivity index (χ1v) is 10.1. The highest BCUT2D eigenvalue weighted by Gasteiger charge is 2.26. The van der Waals surface area contributed by atoms with Gasteiger partial charge in [-0.15, -0.1) is 0 Å². The quantitative estimate of drug-likeness (QED) is 0.657. The Bertz CT molecular complexity index is 1070. The normalized spacial score (nSPS) is 21.8. The smallest absolute Gasteiger partial charge is 0.253 e. The second-order valence-electron chi connectivity index (χ2n) is 8.04. The second kappa shape index (κ2) is 7.08. The molecule has 3 heterocycles. The number of aromatic amines is 1. The Balaban J connectivity index is 1.36. The molecule has 144 valence electrons. The molecule has 0 saturated carbocycles. The van der Waals surface area contributed by atoms with Crippen LogP contribution in [-0.2, 0) is 13.0 Å². The van der Waals surface area contributed by atoms with Crippen LogP contribution in [0, 0.1) is 0 Å². The monoisotopic (exact) mass is 374 g/mol. The largest absolute Gasteiger partial charge is 0.377 e. The number of H-pyrrole nitrogens is 1. The zero-order valence-electron chi connectivity index (χ0n) is 16.2. The average molecular weight is 374 g/mol. The lowest BCUT2D eigenvalue weighted by atomic mass is 10.0. The molecule has 0 bridgehead atoms. The van der Waals surface area contributed by atoms with Crippen molar-refractivity contribution in [3.05, 3.63) is 75.6 Å². The van der Waals surface area contributed by atoms with Gasteiger partial charge in [-0.25, -0.2) is 0 Å². The summed E-state index contributed by atoms with van der Waals surface area (Å²) in [5, 5.41) is 8.00. The molecule has 1 saturated heterocycles. The van der Waals surface area contributed by atoms with Gasteiger partial charge in [-0.05, 0) is 54.6 Å². The molecular formula is C23H26N4O. The number of pyridine rings is 1. The lowest BCUT2D eigenvalue weighted by Gasteiger charge is -2.16. The van der Waals surface area contributed by atoms with Crippen molar-refractivity contribution in [2.75, 3.05) is 25.5 Å². The Morgan fingerprint density at radius 1 is 1.18 bits per heavy atom. The van der Waals surface area contributed by atoms with Gasteiger partial charge < -0.3 is 15.6 Å². The summed E-state index contributed by atoms with van der Waals surface area (Å²) < 4.78 is 0. The maximum absolute atomic E-state index is 12.6. The lowest BCUT2D eigenvalue weighted by Crippen LogP contribution is -2.29. The van der Waals surface area contributed by atoms with Crippen molar-refractivity contribution < 1.29 is 0 Å². The number of para-hydroxylation sites is 1. The number of likely N-dealkylation sites (tertiary alicyclic amines) is 1. The van der Waals surface area contributed by atoms with Crippen LogP contribution in [0.3, 0.4) is 0 Å². The standard InChI is InChI=1S/C23H26N4O/c1-24-18-8-9-27(14-18)13-15-6-7-21-17(10-15)12-22(25-21)19-11-16-4-2-3-5-20(16)26-23(19)28/h2-7,10-11,18,22,24-25H,8-9,12-14H2,1H3,(H,26,28). The molecule has 28 heavy (non-hydrogen) atoms. The van der Waals surface area contributed by atoms with E-state index in [-0.39, 0.29) is 11.6 Å². The van der Waals surface area contributed by atoms with Gasteiger partial charge in [-0.1, -0.05) is 30.3 Å². The van der Waals surface area contributed by atoms with Crippen molar-refractivity contribution in [2.24, 2.45) is 0 Å². The molecule has 1 fully saturated rings. The first-order chi connectivity index (χ1) is 13.7. The molecule has 2 unspecified atom stereocenters. The maximum atomic E-state index is 12.6. The Morgan fingerprint density at radius 2 is 2.07 bits per heavy atom. The summed E-state index contributed by atoms with van der Waals surface area (Å²) in [6.07, 6.45) is 2.07. The number of fused-ring (bicyclic) bond motifs is 2. The molecular weight excluding hydrogens is 348 g/mol. The van der Waals surface area contributed by atoms with E-state index < -0.39 is 0 Å². The Labute approximate surface area is 164 Å². The van der Waals surface area contributed by atoms with Crippen LogP contribution >= 0.6 is 0 Å². The lowest BCUT2D eigenvalue weighted by molar-refractivity contribution is 0.322. The van der Waals surface area contributed by atoms with E-state index in [1.807, 2.05) is 37.4 Å². The SMILES string of the molecule is CNC1CCN(Cc2ccc3c(c2)CC(c2cc4ccccc4[nH]c2=O)N3)C1. The van der Waals surface area contributed by atoms with Gasteiger partial charge in [0, 0.05) is 42.4 Å². The summed E-state index contributed by atoms with van der Waals surface area (Å²) in [6.45, 7) is 3.25. The number of nitrogens with zero attached hydrogens (tertiary/aromatic N) is 1. The van der Waals surface area contributed by atoms with Gasteiger partial charge >= 0.3 is 0 Å². The molecule has 0 radical (unpaired) electrons. The summed E-state index contributed by atoms with van der Waals surface area (Å²) >= 11 is 0. The molecule has 0 amide bonds. The molecule has 2 aromatic carbocycles. The molecule has 2 atom stereocenters. The number of hydrogen-bond donors (Lipinski definition) is 3. The van der Waals surface area contributed by atoms with Crippen molar-refractivity contribution in [1.82, 2.24) is 15.2 Å². The minimum absolute atomic E-state index is 0.000552. The molecule has 3 N–H and O–H groups in total. The average Bonchev–Trinajstić information content (AvgIpc) is 3.33. The van der Waals surface area contributed by atoms with Gasteiger partial charge in [0.05, 0.1) is 6.04 Å². The zero-order valence-corrected chi connectivity index (χ0v) is 16.2. The summed E-state index contributed by atoms with van der Waals surface area (Å²) in [5.74, 6) is 0. The molecule has 2 aliphatic rings. The van der Waals surface area contributed by atoms with Crippen LogP contribution in [0.4, 0.5) is 5.69 Å². The van der Waals surface area contributed by atoms with E-state index >= 15 is 0 Å². The van der Waals surface area contributed by atoms with Crippen LogP contribution in [0.25, 0.3) is 10.9 Å². The number of rotatable bonds is 4. The number of anilines is 1. The van der Waals surface area contributed by atoms with Gasteiger partial charge in [0.2, 0.25) is 0 Å². The fraction of sp³-hybridized carbons (Fsp3) is 0.348. The summed E-state index contributed by atoms with van der Waals surface area (Å²) in [4.78, 5) is 18.2. The van der Waals surface area contributed by atoms with Gasteiger partial charge in [-0.2, -0.15) is 0 Å². The van der Waals surface area contributed by atoms with E-state index in [1.165, 1.54) is 17.5 Å². The highest BCUT2D eigenvalue weighted by atomic mass is 16.1. The number of nitrogens with one attached hydrogen (secondary N) is 3. The Kier molecular flexibility index (Phi) is 4.41. The van der Waals surface area contributed by atoms with E-state index in [1.54, 1.807) is 0 Å². The summed E-state index contributed by atoms with van der Waals surface area (Å²) in [6, 6.07) is 17.3. The van der Waals surface area contributed by atoms with Gasteiger partial charge in [0.25, 0.3) is 5.56 Å². The topological polar surface area (TPSA) is 60.2 Å². The van der Waals surface area contributed by atoms with Crippen molar-refractivity contribution in [2.45, 2.75) is 31.5 Å². The van der Waals surface area contributed by atoms with Crippen molar-refractivity contribution in [3.8, 4) is 0 Å². The van der Waals surface area contributed by atoms with Crippen molar-refractivity contribution in [3.63, 3.8) is 0 Å². The third-order valence-electron chi connectivity index (χ3n) is 6.17. The van der Waals surface area contributed by atoms with E-state index in [0.717, 1.165) is 48.2 Å². The number of aromatic nitrogens is 1. The van der Waals surface area contributed by atoms with Crippen LogP contribution in [0.2, 0.25) is 0 Å². The predicted molar refractivity (Wildman–Crippen MR) is 114 cm³/mol. The van der Waals surface area contributed by atoms with Crippen LogP contribution in [-0.4, -0.2) is 36.1 Å². The van der Waals surface area contributed by atoms with E-state index in [2.05, 4.69) is 38.7 Å². The second-order valence-corrected chi connectivity index (χ2v) is 8.04. The van der Waals surface area contributed by atoms with Gasteiger partial charge in [0.15, 0.2) is 0 Å². The van der Waals surface area contributed by atoms with Gasteiger partial charge in [-0.3, -0.25) is 9.69 Å². The highest BCUT2D eigenvalue weighted by molar-refractivity contribution is 5.79. The Morgan fingerprint density at radius 3 is 2.93 bits per heavy atom. The minimum atomic E-state index is -0.000552. The first kappa shape index (κ1) is 17.5. The maximum Gasteiger partial charge on any atom is 0.253 e. The summed E-state index contributed by atoms with van der Waals surface area (Å²) in [7, 11) is 2.05. The minimum Gasteiger partial charge on any atom is -0.377 e. The van der Waals surface area contributed by atoms with E-state index in [0.29, 0.717) is 6.04 Å². The third kappa shape index (κ3) is 3.21. The van der Waals surface area contributed by atoms with E-state index in [4.69, 9.17) is 0 Å². The Hall–Kier alpha value is -2.63. The molecule has 2 aliphatic heterocycles. The molecule has 5 rings (SSSR count). The number of hydrogen-bond acceptors (Lipinski definition) is 4. The number of benzene rings is 2. The molecule has 3 aromatic rings. The molecule has 0 aliphatic carbocycles. The van der Waals surface area contributed by atoms with Crippen molar-refractivity contribution in [1.29, 1.82) is 0 Å². The fourth-order valence-corrected chi connectivity index (χ4v) is 4.59. The highest BCUT2D eigenvalue weighted by Crippen LogP contribution is 2.34. The van der Waals surface area contributed by atoms with Crippen molar-refractivity contribution >= 4 is 16.6 Å².